The van der Waals surface area contributed by atoms with Gasteiger partial charge in [-0.2, -0.15) is 13.2 Å². The molecule has 1 aromatic carbocycles. The van der Waals surface area contributed by atoms with E-state index < -0.39 is 12.8 Å². The van der Waals surface area contributed by atoms with Crippen LogP contribution < -0.4 is 15.4 Å². The topological polar surface area (TPSA) is 53.6 Å². The minimum Gasteiger partial charge on any atom is -0.484 e. The number of alkyl halides is 3. The maximum absolute atomic E-state index is 12.4. The molecule has 1 saturated carbocycles. The van der Waals surface area contributed by atoms with Crippen LogP contribution in [0.1, 0.15) is 44.1 Å². The molecule has 0 spiro atoms. The summed E-state index contributed by atoms with van der Waals surface area (Å²) in [6.45, 7) is 0.768. The highest BCUT2D eigenvalue weighted by Crippen LogP contribution is 2.26. The Morgan fingerprint density at radius 2 is 1.79 bits per heavy atom. The van der Waals surface area contributed by atoms with Crippen molar-refractivity contribution >= 4 is 6.03 Å². The molecule has 2 aliphatic rings. The maximum Gasteiger partial charge on any atom is 0.422 e. The molecule has 3 rings (SSSR count). The van der Waals surface area contributed by atoms with E-state index in [0.29, 0.717) is 11.6 Å². The summed E-state index contributed by atoms with van der Waals surface area (Å²) in [7, 11) is 0. The summed E-state index contributed by atoms with van der Waals surface area (Å²) >= 11 is 0. The molecule has 0 radical (unpaired) electrons. The van der Waals surface area contributed by atoms with Gasteiger partial charge in [-0.05, 0) is 31.7 Å². The Labute approximate surface area is 163 Å². The lowest BCUT2D eigenvalue weighted by Crippen LogP contribution is -2.49. The number of hydrogen-bond donors (Lipinski definition) is 2. The fourth-order valence-electron chi connectivity index (χ4n) is 4.04. The van der Waals surface area contributed by atoms with E-state index in [1.165, 1.54) is 31.7 Å². The van der Waals surface area contributed by atoms with Crippen LogP contribution in [0.25, 0.3) is 0 Å². The molecular formula is C20H28F3N3O2. The number of urea groups is 1. The Morgan fingerprint density at radius 3 is 2.46 bits per heavy atom. The molecule has 0 aromatic heterocycles. The molecule has 5 nitrogen and oxygen atoms in total. The van der Waals surface area contributed by atoms with E-state index in [0.717, 1.165) is 25.9 Å². The standard InChI is InChI=1S/C20H28F3N3O2/c21-20(22,23)14-28-18-8-4-1-5-15(18)13-24-19(27)25-16-9-11-26(12-10-16)17-6-2-3-7-17/h1,4-5,8,16-17H,2-3,6-7,9-14H2,(H2,24,25,27). The first kappa shape index (κ1) is 20.8. The van der Waals surface area contributed by atoms with E-state index in [-0.39, 0.29) is 24.4 Å². The number of nitrogens with zero attached hydrogens (tertiary/aromatic N) is 1. The minimum atomic E-state index is -4.40. The van der Waals surface area contributed by atoms with Gasteiger partial charge in [0.05, 0.1) is 0 Å². The molecule has 1 saturated heterocycles. The fourth-order valence-corrected chi connectivity index (χ4v) is 4.04. The molecule has 2 N–H and O–H groups in total. The van der Waals surface area contributed by atoms with Crippen molar-refractivity contribution in [2.45, 2.75) is 63.3 Å². The summed E-state index contributed by atoms with van der Waals surface area (Å²) < 4.78 is 41.9. The highest BCUT2D eigenvalue weighted by molar-refractivity contribution is 5.74. The van der Waals surface area contributed by atoms with Gasteiger partial charge in [-0.3, -0.25) is 0 Å². The van der Waals surface area contributed by atoms with Crippen molar-refractivity contribution in [3.63, 3.8) is 0 Å². The predicted octanol–water partition coefficient (Wildman–Crippen LogP) is 3.83. The lowest BCUT2D eigenvalue weighted by Gasteiger charge is -2.36. The summed E-state index contributed by atoms with van der Waals surface area (Å²) in [5.74, 6) is 0.130. The Balaban J connectivity index is 1.41. The van der Waals surface area contributed by atoms with E-state index in [1.807, 2.05) is 0 Å². The molecular weight excluding hydrogens is 371 g/mol. The number of carbonyl (C=O) groups is 1. The number of rotatable bonds is 6. The number of piperidine rings is 1. The molecule has 28 heavy (non-hydrogen) atoms. The van der Waals surface area contributed by atoms with Crippen molar-refractivity contribution in [3.8, 4) is 5.75 Å². The van der Waals surface area contributed by atoms with Gasteiger partial charge in [0.15, 0.2) is 6.61 Å². The first-order valence-electron chi connectivity index (χ1n) is 9.96. The third-order valence-corrected chi connectivity index (χ3v) is 5.51. The Morgan fingerprint density at radius 1 is 1.11 bits per heavy atom. The smallest absolute Gasteiger partial charge is 0.422 e. The molecule has 0 atom stereocenters. The number of benzene rings is 1. The largest absolute Gasteiger partial charge is 0.484 e. The van der Waals surface area contributed by atoms with Crippen LogP contribution in [0.15, 0.2) is 24.3 Å². The third-order valence-electron chi connectivity index (χ3n) is 5.51. The second-order valence-electron chi connectivity index (χ2n) is 7.59. The fraction of sp³-hybridized carbons (Fsp3) is 0.650. The Hall–Kier alpha value is -1.96. The van der Waals surface area contributed by atoms with Gasteiger partial charge < -0.3 is 20.3 Å². The van der Waals surface area contributed by atoms with E-state index in [1.54, 1.807) is 18.2 Å². The van der Waals surface area contributed by atoms with Crippen molar-refractivity contribution in [1.82, 2.24) is 15.5 Å². The number of halogens is 3. The van der Waals surface area contributed by atoms with E-state index in [2.05, 4.69) is 15.5 Å². The van der Waals surface area contributed by atoms with Crippen molar-refractivity contribution < 1.29 is 22.7 Å². The highest BCUT2D eigenvalue weighted by Gasteiger charge is 2.29. The zero-order valence-corrected chi connectivity index (χ0v) is 15.9. The molecule has 1 aliphatic carbocycles. The summed E-state index contributed by atoms with van der Waals surface area (Å²) in [5.41, 5.74) is 0.512. The van der Waals surface area contributed by atoms with Crippen molar-refractivity contribution in [2.24, 2.45) is 0 Å². The number of para-hydroxylation sites is 1. The summed E-state index contributed by atoms with van der Waals surface area (Å²) in [6.07, 6.45) is 2.66. The summed E-state index contributed by atoms with van der Waals surface area (Å²) in [6, 6.07) is 6.97. The number of ether oxygens (including phenoxy) is 1. The van der Waals surface area contributed by atoms with Crippen LogP contribution in [0, 0.1) is 0 Å². The molecule has 8 heteroatoms. The van der Waals surface area contributed by atoms with E-state index in [9.17, 15) is 18.0 Å². The van der Waals surface area contributed by atoms with Crippen LogP contribution in [-0.4, -0.2) is 48.9 Å². The summed E-state index contributed by atoms with van der Waals surface area (Å²) in [5, 5.41) is 5.70. The Bertz CT molecular complexity index is 640. The number of likely N-dealkylation sites (tertiary alicyclic amines) is 1. The molecule has 0 unspecified atom stereocenters. The van der Waals surface area contributed by atoms with Gasteiger partial charge in [-0.25, -0.2) is 4.79 Å². The molecule has 1 aliphatic heterocycles. The van der Waals surface area contributed by atoms with Gasteiger partial charge in [0, 0.05) is 37.3 Å². The van der Waals surface area contributed by atoms with Crippen LogP contribution in [-0.2, 0) is 6.54 Å². The number of amides is 2. The monoisotopic (exact) mass is 399 g/mol. The van der Waals surface area contributed by atoms with Crippen LogP contribution in [0.4, 0.5) is 18.0 Å². The second-order valence-corrected chi connectivity index (χ2v) is 7.59. The number of nitrogens with one attached hydrogen (secondary N) is 2. The van der Waals surface area contributed by atoms with Crippen LogP contribution in [0.3, 0.4) is 0 Å². The first-order chi connectivity index (χ1) is 13.4. The lowest BCUT2D eigenvalue weighted by atomic mass is 10.0. The van der Waals surface area contributed by atoms with Gasteiger partial charge >= 0.3 is 12.2 Å². The number of carbonyl (C=O) groups excluding carboxylic acids is 1. The van der Waals surface area contributed by atoms with Gasteiger partial charge in [-0.15, -0.1) is 0 Å². The minimum absolute atomic E-state index is 0.112. The SMILES string of the molecule is O=C(NCc1ccccc1OCC(F)(F)F)NC1CCN(C2CCCC2)CC1. The highest BCUT2D eigenvalue weighted by atomic mass is 19.4. The molecule has 156 valence electrons. The van der Waals surface area contributed by atoms with Crippen LogP contribution in [0.2, 0.25) is 0 Å². The molecule has 2 fully saturated rings. The predicted molar refractivity (Wildman–Crippen MR) is 100 cm³/mol. The van der Waals surface area contributed by atoms with Crippen molar-refractivity contribution in [2.75, 3.05) is 19.7 Å². The van der Waals surface area contributed by atoms with Gasteiger partial charge in [0.25, 0.3) is 0 Å². The molecule has 2 amide bonds. The van der Waals surface area contributed by atoms with Crippen molar-refractivity contribution in [3.05, 3.63) is 29.8 Å². The molecule has 1 aromatic rings. The zero-order valence-electron chi connectivity index (χ0n) is 15.9. The van der Waals surface area contributed by atoms with E-state index >= 15 is 0 Å². The third kappa shape index (κ3) is 6.29. The average Bonchev–Trinajstić information content (AvgIpc) is 3.20. The Kier molecular flexibility index (Phi) is 7.04. The second kappa shape index (κ2) is 9.49. The zero-order chi connectivity index (χ0) is 20.0. The maximum atomic E-state index is 12.4. The van der Waals surface area contributed by atoms with Crippen LogP contribution >= 0.6 is 0 Å². The van der Waals surface area contributed by atoms with Gasteiger partial charge in [0.1, 0.15) is 5.75 Å². The molecule has 0 bridgehead atoms. The summed E-state index contributed by atoms with van der Waals surface area (Å²) in [4.78, 5) is 14.7. The normalized spacial score (nSPS) is 19.5. The van der Waals surface area contributed by atoms with E-state index in [4.69, 9.17) is 4.74 Å². The molecule has 1 heterocycles. The first-order valence-corrected chi connectivity index (χ1v) is 9.96. The average molecular weight is 399 g/mol. The van der Waals surface area contributed by atoms with Gasteiger partial charge in [0.2, 0.25) is 0 Å². The lowest BCUT2D eigenvalue weighted by molar-refractivity contribution is -0.153. The number of hydrogen-bond acceptors (Lipinski definition) is 3. The van der Waals surface area contributed by atoms with Gasteiger partial charge in [-0.1, -0.05) is 31.0 Å². The van der Waals surface area contributed by atoms with Crippen LogP contribution in [0.5, 0.6) is 5.75 Å². The quantitative estimate of drug-likeness (QED) is 0.764. The van der Waals surface area contributed by atoms with Crippen molar-refractivity contribution in [1.29, 1.82) is 0 Å².